The fourth-order valence-electron chi connectivity index (χ4n) is 3.88. The van der Waals surface area contributed by atoms with Crippen LogP contribution >= 0.6 is 11.3 Å². The number of nitrogens with zero attached hydrogens (tertiary/aromatic N) is 2. The molecule has 2 aromatic rings. The van der Waals surface area contributed by atoms with Gasteiger partial charge in [-0.05, 0) is 42.3 Å². The summed E-state index contributed by atoms with van der Waals surface area (Å²) in [6, 6.07) is 8.15. The average Bonchev–Trinajstić information content (AvgIpc) is 3.35. The van der Waals surface area contributed by atoms with Crippen LogP contribution in [0, 0.1) is 5.92 Å². The summed E-state index contributed by atoms with van der Waals surface area (Å²) >= 11 is 1.03. The number of amides is 2. The Balaban J connectivity index is 1.43. The first kappa shape index (κ1) is 20.7. The second kappa shape index (κ2) is 7.93. The Kier molecular flexibility index (Phi) is 5.48. The molecule has 0 aliphatic carbocycles. The van der Waals surface area contributed by atoms with Crippen LogP contribution in [0.2, 0.25) is 0 Å². The Bertz CT molecular complexity index is 1080. The lowest BCUT2D eigenvalue weighted by atomic mass is 9.97. The predicted octanol–water partition coefficient (Wildman–Crippen LogP) is 2.23. The maximum absolute atomic E-state index is 13.0. The maximum atomic E-state index is 13.0. The number of carbonyl (C=O) groups excluding carboxylic acids is 3. The Morgan fingerprint density at radius 3 is 2.27 bits per heavy atom. The third-order valence-corrected chi connectivity index (χ3v) is 8.47. The second-order valence-electron chi connectivity index (χ2n) is 7.22. The largest absolute Gasteiger partial charge is 0.465 e. The van der Waals surface area contributed by atoms with E-state index in [0.717, 1.165) is 11.3 Å². The van der Waals surface area contributed by atoms with Crippen molar-refractivity contribution in [1.82, 2.24) is 9.21 Å². The van der Waals surface area contributed by atoms with Gasteiger partial charge in [-0.2, -0.15) is 4.31 Å². The van der Waals surface area contributed by atoms with Crippen molar-refractivity contribution in [2.24, 2.45) is 5.92 Å². The van der Waals surface area contributed by atoms with E-state index in [0.29, 0.717) is 24.0 Å². The van der Waals surface area contributed by atoms with Crippen molar-refractivity contribution in [3.8, 4) is 0 Å². The van der Waals surface area contributed by atoms with Gasteiger partial charge in [0.25, 0.3) is 11.8 Å². The van der Waals surface area contributed by atoms with Gasteiger partial charge in [0.15, 0.2) is 0 Å². The number of fused-ring (bicyclic) bond motifs is 1. The van der Waals surface area contributed by atoms with Crippen molar-refractivity contribution in [2.45, 2.75) is 17.7 Å². The molecule has 1 fully saturated rings. The summed E-state index contributed by atoms with van der Waals surface area (Å²) in [4.78, 5) is 38.2. The number of hydrogen-bond acceptors (Lipinski definition) is 7. The molecule has 0 saturated carbocycles. The summed E-state index contributed by atoms with van der Waals surface area (Å²) in [7, 11) is -2.61. The highest BCUT2D eigenvalue weighted by atomic mass is 32.2. The van der Waals surface area contributed by atoms with Crippen LogP contribution in [0.4, 0.5) is 0 Å². The van der Waals surface area contributed by atoms with Crippen LogP contribution in [0.3, 0.4) is 0 Å². The highest BCUT2D eigenvalue weighted by Crippen LogP contribution is 2.31. The quantitative estimate of drug-likeness (QED) is 0.514. The number of imide groups is 1. The van der Waals surface area contributed by atoms with Crippen molar-refractivity contribution < 1.29 is 27.5 Å². The van der Waals surface area contributed by atoms with Crippen LogP contribution in [0.25, 0.3) is 0 Å². The van der Waals surface area contributed by atoms with Crippen molar-refractivity contribution in [3.63, 3.8) is 0 Å². The van der Waals surface area contributed by atoms with Crippen LogP contribution in [-0.2, 0) is 14.8 Å². The number of benzene rings is 1. The number of hydrogen-bond donors (Lipinski definition) is 0. The molecule has 2 aliphatic heterocycles. The minimum atomic E-state index is -3.82. The number of methoxy groups -OCH3 is 1. The van der Waals surface area contributed by atoms with Gasteiger partial charge in [0.05, 0.1) is 18.2 Å². The van der Waals surface area contributed by atoms with E-state index in [1.54, 1.807) is 29.6 Å². The summed E-state index contributed by atoms with van der Waals surface area (Å²) in [5.41, 5.74) is 0.825. The van der Waals surface area contributed by atoms with E-state index in [4.69, 9.17) is 0 Å². The molecule has 3 heterocycles. The van der Waals surface area contributed by atoms with Crippen molar-refractivity contribution in [2.75, 3.05) is 26.7 Å². The molecule has 1 aromatic carbocycles. The van der Waals surface area contributed by atoms with Crippen LogP contribution in [0.5, 0.6) is 0 Å². The van der Waals surface area contributed by atoms with Crippen LogP contribution in [-0.4, -0.2) is 62.2 Å². The lowest BCUT2D eigenvalue weighted by molar-refractivity contribution is 0.0596. The molecule has 0 spiro atoms. The number of ether oxygens (including phenoxy) is 1. The molecule has 8 nitrogen and oxygen atoms in total. The molecular formula is C20H20N2O6S2. The van der Waals surface area contributed by atoms with Gasteiger partial charge in [-0.1, -0.05) is 12.1 Å². The Labute approximate surface area is 178 Å². The number of esters is 1. The SMILES string of the molecule is COC(=O)c1sccc1S(=O)(=O)N1CCC(CN2C(=O)c3ccccc3C2=O)CC1. The number of sulfonamides is 1. The summed E-state index contributed by atoms with van der Waals surface area (Å²) in [6.45, 7) is 0.783. The number of piperidine rings is 1. The van der Waals surface area contributed by atoms with Gasteiger partial charge in [0, 0.05) is 19.6 Å². The van der Waals surface area contributed by atoms with Crippen molar-refractivity contribution in [3.05, 3.63) is 51.7 Å². The molecule has 1 aromatic heterocycles. The minimum absolute atomic E-state index is 0.0150. The van der Waals surface area contributed by atoms with E-state index in [1.807, 2.05) is 0 Å². The van der Waals surface area contributed by atoms with Crippen molar-refractivity contribution in [1.29, 1.82) is 0 Å². The standard InChI is InChI=1S/C20H20N2O6S2/c1-28-20(25)17-16(8-11-29-17)30(26,27)21-9-6-13(7-10-21)12-22-18(23)14-4-2-3-5-15(14)19(22)24/h2-5,8,11,13H,6-7,9-10,12H2,1H3. The molecule has 0 unspecified atom stereocenters. The molecule has 10 heteroatoms. The zero-order chi connectivity index (χ0) is 21.5. The highest BCUT2D eigenvalue weighted by Gasteiger charge is 2.38. The second-order valence-corrected chi connectivity index (χ2v) is 10.0. The fraction of sp³-hybridized carbons (Fsp3) is 0.350. The first-order valence-electron chi connectivity index (χ1n) is 9.45. The van der Waals surface area contributed by atoms with Gasteiger partial charge in [0.1, 0.15) is 9.77 Å². The maximum Gasteiger partial charge on any atom is 0.349 e. The smallest absolute Gasteiger partial charge is 0.349 e. The van der Waals surface area contributed by atoms with Crippen LogP contribution in [0.1, 0.15) is 43.2 Å². The predicted molar refractivity (Wildman–Crippen MR) is 109 cm³/mol. The lowest BCUT2D eigenvalue weighted by Crippen LogP contribution is -2.43. The van der Waals surface area contributed by atoms with E-state index in [1.165, 1.54) is 22.4 Å². The Morgan fingerprint density at radius 2 is 1.70 bits per heavy atom. The summed E-state index contributed by atoms with van der Waals surface area (Å²) in [5, 5.41) is 1.55. The molecule has 0 N–H and O–H groups in total. The van der Waals surface area contributed by atoms with Gasteiger partial charge in [-0.3, -0.25) is 14.5 Å². The van der Waals surface area contributed by atoms with Gasteiger partial charge in [0.2, 0.25) is 10.0 Å². The molecule has 0 radical (unpaired) electrons. The van der Waals surface area contributed by atoms with Crippen molar-refractivity contribution >= 4 is 39.1 Å². The highest BCUT2D eigenvalue weighted by molar-refractivity contribution is 7.89. The van der Waals surface area contributed by atoms with Crippen LogP contribution in [0.15, 0.2) is 40.6 Å². The third kappa shape index (κ3) is 3.44. The number of rotatable bonds is 5. The lowest BCUT2D eigenvalue weighted by Gasteiger charge is -2.32. The normalized spacial score (nSPS) is 18.0. The molecule has 30 heavy (non-hydrogen) atoms. The van der Waals surface area contributed by atoms with Crippen LogP contribution < -0.4 is 0 Å². The Hall–Kier alpha value is -2.56. The Morgan fingerprint density at radius 1 is 1.10 bits per heavy atom. The fourth-order valence-corrected chi connectivity index (χ4v) is 6.65. The van der Waals surface area contributed by atoms with E-state index in [2.05, 4.69) is 4.74 Å². The summed E-state index contributed by atoms with van der Waals surface area (Å²) < 4.78 is 32.0. The molecule has 0 bridgehead atoms. The average molecular weight is 449 g/mol. The molecule has 2 amide bonds. The van der Waals surface area contributed by atoms with Gasteiger partial charge in [-0.25, -0.2) is 13.2 Å². The van der Waals surface area contributed by atoms with Gasteiger partial charge in [-0.15, -0.1) is 11.3 Å². The zero-order valence-corrected chi connectivity index (χ0v) is 17.9. The summed E-state index contributed by atoms with van der Waals surface area (Å²) in [5.74, 6) is -1.26. The van der Waals surface area contributed by atoms with Gasteiger partial charge >= 0.3 is 5.97 Å². The topological polar surface area (TPSA) is 101 Å². The molecule has 0 atom stereocenters. The molecule has 2 aliphatic rings. The van der Waals surface area contributed by atoms with E-state index < -0.39 is 16.0 Å². The van der Waals surface area contributed by atoms with E-state index in [9.17, 15) is 22.8 Å². The number of carbonyl (C=O) groups is 3. The first-order chi connectivity index (χ1) is 14.3. The minimum Gasteiger partial charge on any atom is -0.465 e. The zero-order valence-electron chi connectivity index (χ0n) is 16.2. The molecule has 1 saturated heterocycles. The molecule has 4 rings (SSSR count). The first-order valence-corrected chi connectivity index (χ1v) is 11.8. The third-order valence-electron chi connectivity index (χ3n) is 5.51. The summed E-state index contributed by atoms with van der Waals surface area (Å²) in [6.07, 6.45) is 1.04. The van der Waals surface area contributed by atoms with E-state index >= 15 is 0 Å². The molecular weight excluding hydrogens is 428 g/mol. The van der Waals surface area contributed by atoms with Gasteiger partial charge < -0.3 is 4.74 Å². The monoisotopic (exact) mass is 448 g/mol. The number of thiophene rings is 1. The molecule has 158 valence electrons. The van der Waals surface area contributed by atoms with E-state index in [-0.39, 0.29) is 47.1 Å².